The zero-order valence-electron chi connectivity index (χ0n) is 7.72. The molecule has 0 radical (unpaired) electrons. The van der Waals surface area contributed by atoms with Gasteiger partial charge in [0, 0.05) is 25.2 Å². The largest absolute Gasteiger partial charge is 0.460 e. The van der Waals surface area contributed by atoms with Crippen molar-refractivity contribution < 1.29 is 9.53 Å². The Morgan fingerprint density at radius 2 is 2.29 bits per heavy atom. The second-order valence-electron chi connectivity index (χ2n) is 3.35. The zero-order chi connectivity index (χ0) is 9.97. The van der Waals surface area contributed by atoms with Crippen LogP contribution in [0, 0.1) is 12.3 Å². The number of terminal acetylenes is 1. The molecule has 0 N–H and O–H groups in total. The molecular weight excluding hydrogens is 178 g/mol. The molecule has 0 aliphatic carbocycles. The SMILES string of the molecule is C#CC[C@@H]1C[C@H](n2cccc2)C(=O)O1. The van der Waals surface area contributed by atoms with Gasteiger partial charge in [-0.05, 0) is 12.1 Å². The van der Waals surface area contributed by atoms with Gasteiger partial charge in [0.25, 0.3) is 0 Å². The standard InChI is InChI=1S/C11H11NO2/c1-2-5-9-8-10(11(13)14-9)12-6-3-4-7-12/h1,3-4,6-7,9-10H,5,8H2/t9-,10+/m1/s1. The molecule has 1 aliphatic rings. The number of hydrogen-bond donors (Lipinski definition) is 0. The van der Waals surface area contributed by atoms with Crippen molar-refractivity contribution in [3.8, 4) is 12.3 Å². The van der Waals surface area contributed by atoms with E-state index in [4.69, 9.17) is 11.2 Å². The summed E-state index contributed by atoms with van der Waals surface area (Å²) in [5.41, 5.74) is 0. The maximum Gasteiger partial charge on any atom is 0.329 e. The van der Waals surface area contributed by atoms with E-state index >= 15 is 0 Å². The minimum Gasteiger partial charge on any atom is -0.460 e. The fraction of sp³-hybridized carbons (Fsp3) is 0.364. The molecule has 2 atom stereocenters. The summed E-state index contributed by atoms with van der Waals surface area (Å²) in [6.45, 7) is 0. The Morgan fingerprint density at radius 1 is 1.57 bits per heavy atom. The van der Waals surface area contributed by atoms with Crippen LogP contribution >= 0.6 is 0 Å². The molecule has 0 spiro atoms. The van der Waals surface area contributed by atoms with Crippen molar-refractivity contribution in [2.45, 2.75) is 25.0 Å². The van der Waals surface area contributed by atoms with Crippen molar-refractivity contribution in [2.24, 2.45) is 0 Å². The highest BCUT2D eigenvalue weighted by Gasteiger charge is 2.34. The predicted octanol–water partition coefficient (Wildman–Crippen LogP) is 1.37. The van der Waals surface area contributed by atoms with E-state index in [2.05, 4.69) is 5.92 Å². The van der Waals surface area contributed by atoms with Gasteiger partial charge in [0.05, 0.1) is 0 Å². The number of esters is 1. The van der Waals surface area contributed by atoms with E-state index in [1.165, 1.54) is 0 Å². The number of ether oxygens (including phenoxy) is 1. The molecule has 72 valence electrons. The van der Waals surface area contributed by atoms with Crippen molar-refractivity contribution in [1.82, 2.24) is 4.57 Å². The first-order valence-electron chi connectivity index (χ1n) is 4.57. The summed E-state index contributed by atoms with van der Waals surface area (Å²) in [6, 6.07) is 3.59. The second kappa shape index (κ2) is 3.59. The lowest BCUT2D eigenvalue weighted by atomic mass is 10.1. The Bertz CT molecular complexity index is 361. The monoisotopic (exact) mass is 189 g/mol. The fourth-order valence-electron chi connectivity index (χ4n) is 1.69. The van der Waals surface area contributed by atoms with E-state index in [-0.39, 0.29) is 18.1 Å². The topological polar surface area (TPSA) is 31.2 Å². The van der Waals surface area contributed by atoms with Gasteiger partial charge in [0.1, 0.15) is 12.1 Å². The van der Waals surface area contributed by atoms with Gasteiger partial charge < -0.3 is 9.30 Å². The summed E-state index contributed by atoms with van der Waals surface area (Å²) in [6.07, 6.45) is 9.97. The quantitative estimate of drug-likeness (QED) is 0.519. The lowest BCUT2D eigenvalue weighted by Crippen LogP contribution is -2.11. The van der Waals surface area contributed by atoms with Crippen LogP contribution in [-0.4, -0.2) is 16.6 Å². The third kappa shape index (κ3) is 1.51. The molecule has 3 nitrogen and oxygen atoms in total. The van der Waals surface area contributed by atoms with Crippen LogP contribution in [0.4, 0.5) is 0 Å². The maximum atomic E-state index is 11.4. The Hall–Kier alpha value is -1.69. The van der Waals surface area contributed by atoms with Crippen LogP contribution in [0.25, 0.3) is 0 Å². The molecule has 14 heavy (non-hydrogen) atoms. The van der Waals surface area contributed by atoms with Crippen molar-refractivity contribution >= 4 is 5.97 Å². The van der Waals surface area contributed by atoms with Crippen molar-refractivity contribution in [3.05, 3.63) is 24.5 Å². The normalized spacial score (nSPS) is 25.8. The number of carbonyl (C=O) groups excluding carboxylic acids is 1. The Labute approximate surface area is 82.7 Å². The summed E-state index contributed by atoms with van der Waals surface area (Å²) in [4.78, 5) is 11.4. The molecule has 2 heterocycles. The third-order valence-electron chi connectivity index (χ3n) is 2.37. The molecule has 0 saturated carbocycles. The average Bonchev–Trinajstić information content (AvgIpc) is 2.74. The summed E-state index contributed by atoms with van der Waals surface area (Å²) in [5, 5.41) is 0. The van der Waals surface area contributed by atoms with Gasteiger partial charge in [0.15, 0.2) is 0 Å². The summed E-state index contributed by atoms with van der Waals surface area (Å²) < 4.78 is 7.00. The van der Waals surface area contributed by atoms with E-state index in [1.807, 2.05) is 29.1 Å². The Balaban J connectivity index is 2.09. The van der Waals surface area contributed by atoms with Crippen LogP contribution in [0.3, 0.4) is 0 Å². The van der Waals surface area contributed by atoms with Crippen LogP contribution in [0.2, 0.25) is 0 Å². The smallest absolute Gasteiger partial charge is 0.329 e. The third-order valence-corrected chi connectivity index (χ3v) is 2.37. The van der Waals surface area contributed by atoms with Crippen LogP contribution < -0.4 is 0 Å². The first kappa shape index (κ1) is 8.89. The van der Waals surface area contributed by atoms with Gasteiger partial charge in [-0.15, -0.1) is 12.3 Å². The highest BCUT2D eigenvalue weighted by atomic mass is 16.6. The minimum atomic E-state index is -0.191. The second-order valence-corrected chi connectivity index (χ2v) is 3.35. The van der Waals surface area contributed by atoms with Gasteiger partial charge >= 0.3 is 5.97 Å². The zero-order valence-corrected chi connectivity index (χ0v) is 7.72. The maximum absolute atomic E-state index is 11.4. The van der Waals surface area contributed by atoms with Gasteiger partial charge in [-0.2, -0.15) is 0 Å². The van der Waals surface area contributed by atoms with Crippen LogP contribution in [0.15, 0.2) is 24.5 Å². The van der Waals surface area contributed by atoms with Crippen molar-refractivity contribution in [2.75, 3.05) is 0 Å². The average molecular weight is 189 g/mol. The molecule has 1 fully saturated rings. The number of rotatable bonds is 2. The van der Waals surface area contributed by atoms with Crippen LogP contribution in [-0.2, 0) is 9.53 Å². The predicted molar refractivity (Wildman–Crippen MR) is 51.4 cm³/mol. The molecule has 2 rings (SSSR count). The fourth-order valence-corrected chi connectivity index (χ4v) is 1.69. The van der Waals surface area contributed by atoms with Gasteiger partial charge in [0.2, 0.25) is 0 Å². The molecule has 1 saturated heterocycles. The van der Waals surface area contributed by atoms with Crippen molar-refractivity contribution in [1.29, 1.82) is 0 Å². The van der Waals surface area contributed by atoms with E-state index in [1.54, 1.807) is 0 Å². The van der Waals surface area contributed by atoms with E-state index in [0.717, 1.165) is 0 Å². The highest BCUT2D eigenvalue weighted by molar-refractivity contribution is 5.76. The molecule has 0 bridgehead atoms. The van der Waals surface area contributed by atoms with E-state index in [9.17, 15) is 4.79 Å². The van der Waals surface area contributed by atoms with E-state index < -0.39 is 0 Å². The molecule has 1 aromatic heterocycles. The molecule has 1 aromatic rings. The molecular formula is C11H11NO2. The number of nitrogens with zero attached hydrogens (tertiary/aromatic N) is 1. The van der Waals surface area contributed by atoms with Crippen LogP contribution in [0.1, 0.15) is 18.9 Å². The van der Waals surface area contributed by atoms with E-state index in [0.29, 0.717) is 12.8 Å². The van der Waals surface area contributed by atoms with Gasteiger partial charge in [-0.25, -0.2) is 4.79 Å². The van der Waals surface area contributed by atoms with Gasteiger partial charge in [-0.1, -0.05) is 0 Å². The molecule has 3 heteroatoms. The Kier molecular flexibility index (Phi) is 2.28. The first-order valence-corrected chi connectivity index (χ1v) is 4.57. The lowest BCUT2D eigenvalue weighted by Gasteiger charge is -2.06. The first-order chi connectivity index (χ1) is 6.81. The number of carbonyl (C=O) groups is 1. The molecule has 0 amide bonds. The van der Waals surface area contributed by atoms with Crippen LogP contribution in [0.5, 0.6) is 0 Å². The highest BCUT2D eigenvalue weighted by Crippen LogP contribution is 2.27. The molecule has 0 aromatic carbocycles. The lowest BCUT2D eigenvalue weighted by molar-refractivity contribution is -0.143. The summed E-state index contributed by atoms with van der Waals surface area (Å²) in [7, 11) is 0. The molecule has 0 unspecified atom stereocenters. The minimum absolute atomic E-state index is 0.111. The van der Waals surface area contributed by atoms with Gasteiger partial charge in [-0.3, -0.25) is 0 Å². The number of cyclic esters (lactones) is 1. The van der Waals surface area contributed by atoms with Crippen molar-refractivity contribution in [3.63, 3.8) is 0 Å². The summed E-state index contributed by atoms with van der Waals surface area (Å²) >= 11 is 0. The Morgan fingerprint density at radius 3 is 2.93 bits per heavy atom. The molecule has 1 aliphatic heterocycles. The number of aromatic nitrogens is 1. The summed E-state index contributed by atoms with van der Waals surface area (Å²) in [5.74, 6) is 2.33. The number of hydrogen-bond acceptors (Lipinski definition) is 2.